The Morgan fingerprint density at radius 3 is 0.579 bits per heavy atom. The van der Waals surface area contributed by atoms with Crippen LogP contribution in [0, 0.1) is 0 Å². The van der Waals surface area contributed by atoms with Crippen molar-refractivity contribution < 1.29 is 115 Å². The molecule has 0 spiro atoms. The van der Waals surface area contributed by atoms with Gasteiger partial charge >= 0.3 is 73.8 Å². The Morgan fingerprint density at radius 2 is 0.421 bits per heavy atom. The second-order valence-electron chi connectivity index (χ2n) is 6.88. The summed E-state index contributed by atoms with van der Waals surface area (Å²) >= 11 is 0. The molecule has 0 radical (unpaired) electrons. The van der Waals surface area contributed by atoms with Gasteiger partial charge in [-0.3, -0.25) is 0 Å². The Labute approximate surface area is 190 Å². The molecule has 0 saturated heterocycles. The van der Waals surface area contributed by atoms with Gasteiger partial charge in [-0.2, -0.15) is 101 Å². The summed E-state index contributed by atoms with van der Waals surface area (Å²) in [5.41, 5.74) is -7.87. The lowest BCUT2D eigenvalue weighted by Gasteiger charge is -2.45. The molecule has 0 aromatic heterocycles. The van der Waals surface area contributed by atoms with Crippen LogP contribution in [0.5, 0.6) is 0 Å². The van der Waals surface area contributed by atoms with E-state index >= 15 is 0 Å². The molecule has 0 saturated carbocycles. The number of halogens is 23. The minimum absolute atomic E-state index is 7.87. The van der Waals surface area contributed by atoms with E-state index in [-0.39, 0.29) is 0 Å². The van der Waals surface area contributed by atoms with Crippen molar-refractivity contribution >= 4 is 8.80 Å². The van der Waals surface area contributed by atoms with Gasteiger partial charge in [0.25, 0.3) is 0 Å². The van der Waals surface area contributed by atoms with Crippen molar-refractivity contribution in [1.29, 1.82) is 0 Å². The summed E-state index contributed by atoms with van der Waals surface area (Å²) in [6.45, 7) is 0. The topological polar surface area (TPSA) is 60.7 Å². The van der Waals surface area contributed by atoms with Crippen LogP contribution in [0.4, 0.5) is 101 Å². The van der Waals surface area contributed by atoms with Gasteiger partial charge in [-0.15, -0.1) is 0 Å². The highest BCUT2D eigenvalue weighted by molar-refractivity contribution is 6.59. The van der Waals surface area contributed by atoms with E-state index in [9.17, 15) is 101 Å². The Balaban J connectivity index is 7.29. The van der Waals surface area contributed by atoms with Crippen LogP contribution in [0.25, 0.3) is 0 Å². The molecule has 0 heterocycles. The first-order valence-electron chi connectivity index (χ1n) is 7.77. The molecule has 3 N–H and O–H groups in total. The number of hydrogen-bond acceptors (Lipinski definition) is 3. The van der Waals surface area contributed by atoms with Crippen molar-refractivity contribution in [3.8, 4) is 0 Å². The van der Waals surface area contributed by atoms with Gasteiger partial charge in [0.05, 0.1) is 0 Å². The van der Waals surface area contributed by atoms with Gasteiger partial charge in [-0.1, -0.05) is 0 Å². The van der Waals surface area contributed by atoms with Crippen molar-refractivity contribution in [1.82, 2.24) is 0 Å². The largest absolute Gasteiger partial charge is 0.574 e. The molecule has 0 aliphatic carbocycles. The van der Waals surface area contributed by atoms with E-state index in [1.165, 1.54) is 0 Å². The molecular formula is C11H3F23O3Si. The summed E-state index contributed by atoms with van der Waals surface area (Å²) in [4.78, 5) is 23.9. The van der Waals surface area contributed by atoms with Gasteiger partial charge in [0.1, 0.15) is 0 Å². The maximum absolute atomic E-state index is 13.4. The summed E-state index contributed by atoms with van der Waals surface area (Å²) in [6, 6.07) is 0. The molecule has 230 valence electrons. The molecule has 38 heavy (non-hydrogen) atoms. The highest BCUT2D eigenvalue weighted by Crippen LogP contribution is 2.67. The van der Waals surface area contributed by atoms with E-state index in [1.54, 1.807) is 0 Å². The van der Waals surface area contributed by atoms with Crippen LogP contribution in [0.1, 0.15) is 0 Å². The summed E-state index contributed by atoms with van der Waals surface area (Å²) in [6.07, 6.45) is -8.15. The fourth-order valence-corrected chi connectivity index (χ4v) is 2.54. The van der Waals surface area contributed by atoms with Crippen LogP contribution in [-0.2, 0) is 0 Å². The Morgan fingerprint density at radius 1 is 0.263 bits per heavy atom. The summed E-state index contributed by atoms with van der Waals surface area (Å²) in [5.74, 6) is -82.7. The van der Waals surface area contributed by atoms with Crippen LogP contribution >= 0.6 is 0 Å². The molecule has 27 heteroatoms. The predicted molar refractivity (Wildman–Crippen MR) is 67.9 cm³/mol. The molecule has 0 aromatic carbocycles. The van der Waals surface area contributed by atoms with E-state index in [4.69, 9.17) is 14.4 Å². The molecular weight excluding hydrogens is 645 g/mol. The molecule has 3 nitrogen and oxygen atoms in total. The smallest absolute Gasteiger partial charge is 0.386 e. The fraction of sp³-hybridized carbons (Fsp3) is 1.00. The molecule has 0 fully saturated rings. The van der Waals surface area contributed by atoms with Gasteiger partial charge in [-0.05, 0) is 0 Å². The van der Waals surface area contributed by atoms with E-state index in [0.717, 1.165) is 0 Å². The normalized spacial score (nSPS) is 17.2. The molecule has 0 rings (SSSR count). The monoisotopic (exact) mass is 648 g/mol. The zero-order valence-electron chi connectivity index (χ0n) is 16.0. The number of alkyl halides is 23. The highest BCUT2D eigenvalue weighted by atomic mass is 28.4. The van der Waals surface area contributed by atoms with Crippen molar-refractivity contribution in [3.05, 3.63) is 0 Å². The van der Waals surface area contributed by atoms with Crippen LogP contribution in [-0.4, -0.2) is 88.2 Å². The molecule has 0 atom stereocenters. The third-order valence-electron chi connectivity index (χ3n) is 4.33. The van der Waals surface area contributed by atoms with Gasteiger partial charge < -0.3 is 14.4 Å². The lowest BCUT2D eigenvalue weighted by atomic mass is 9.86. The van der Waals surface area contributed by atoms with Crippen LogP contribution in [0.2, 0.25) is 0 Å². The zero-order chi connectivity index (χ0) is 32.0. The SMILES string of the molecule is O[Si](O)(O)C(F)(F)C(F)(F)C(F)(F)C(F)(F)C(F)(F)C(F)(F)C(F)(F)C(F)(F)C(F)(F)C(F)(F)C(F)(F)F. The molecule has 0 aliphatic rings. The number of rotatable bonds is 10. The first-order valence-corrected chi connectivity index (χ1v) is 9.61. The zero-order valence-corrected chi connectivity index (χ0v) is 17.0. The first kappa shape index (κ1) is 36.5. The van der Waals surface area contributed by atoms with E-state index in [0.29, 0.717) is 0 Å². The average molecular weight is 648 g/mol. The lowest BCUT2D eigenvalue weighted by Crippen LogP contribution is -2.79. The second kappa shape index (κ2) is 8.49. The quantitative estimate of drug-likeness (QED) is 0.221. The molecule has 0 aliphatic heterocycles. The summed E-state index contributed by atoms with van der Waals surface area (Å²) < 4.78 is 300. The van der Waals surface area contributed by atoms with E-state index in [1.807, 2.05) is 0 Å². The molecule has 0 amide bonds. The lowest BCUT2D eigenvalue weighted by molar-refractivity contribution is -0.477. The molecule has 0 bridgehead atoms. The highest BCUT2D eigenvalue weighted by Gasteiger charge is 2.99. The van der Waals surface area contributed by atoms with Gasteiger partial charge in [-0.25, -0.2) is 0 Å². The van der Waals surface area contributed by atoms with Gasteiger partial charge in [0, 0.05) is 0 Å². The summed E-state index contributed by atoms with van der Waals surface area (Å²) in [7, 11) is -8.33. The predicted octanol–water partition coefficient (Wildman–Crippen LogP) is 5.36. The first-order chi connectivity index (χ1) is 15.8. The van der Waals surface area contributed by atoms with Crippen molar-refractivity contribution in [2.24, 2.45) is 0 Å². The Kier molecular flexibility index (Phi) is 8.16. The van der Waals surface area contributed by atoms with Gasteiger partial charge in [0.15, 0.2) is 0 Å². The van der Waals surface area contributed by atoms with Crippen molar-refractivity contribution in [3.63, 3.8) is 0 Å². The Hall–Kier alpha value is -1.51. The number of hydrogen-bond donors (Lipinski definition) is 3. The Bertz CT molecular complexity index is 810. The fourth-order valence-electron chi connectivity index (χ4n) is 1.97. The van der Waals surface area contributed by atoms with Crippen LogP contribution in [0.3, 0.4) is 0 Å². The molecule has 0 aromatic rings. The average Bonchev–Trinajstić information content (AvgIpc) is 2.64. The third kappa shape index (κ3) is 4.07. The minimum Gasteiger partial charge on any atom is -0.386 e. The van der Waals surface area contributed by atoms with Crippen molar-refractivity contribution in [2.45, 2.75) is 65.0 Å². The maximum atomic E-state index is 13.4. The third-order valence-corrected chi connectivity index (χ3v) is 5.48. The van der Waals surface area contributed by atoms with Crippen LogP contribution in [0.15, 0.2) is 0 Å². The van der Waals surface area contributed by atoms with Crippen molar-refractivity contribution in [2.75, 3.05) is 0 Å². The summed E-state index contributed by atoms with van der Waals surface area (Å²) in [5, 5.41) is 0. The standard InChI is InChI=1S/C11H3F23O3Si/c12-1(13,2(14,15)4(18,19)6(22,23)8(26,27)10(30,31)32)3(16,17)5(20,21)7(24,25)9(28,29)11(33,34)38(35,36)37/h35-37H. The van der Waals surface area contributed by atoms with Gasteiger partial charge in [0.2, 0.25) is 0 Å². The van der Waals surface area contributed by atoms with E-state index < -0.39 is 73.8 Å². The maximum Gasteiger partial charge on any atom is 0.574 e. The van der Waals surface area contributed by atoms with E-state index in [2.05, 4.69) is 0 Å². The van der Waals surface area contributed by atoms with Crippen LogP contribution < -0.4 is 0 Å². The second-order valence-corrected chi connectivity index (χ2v) is 8.78. The minimum atomic E-state index is -9.54. The molecule has 0 unspecified atom stereocenters.